The SMILES string of the molecule is Cc1nc(C(=O)Nc2cc(CC(C)(C)C)[nH]n2)c(=O)[nH]c1C. The van der Waals surface area contributed by atoms with Gasteiger partial charge in [-0.05, 0) is 25.7 Å². The van der Waals surface area contributed by atoms with Crippen LogP contribution in [0.3, 0.4) is 0 Å². The highest BCUT2D eigenvalue weighted by Gasteiger charge is 2.17. The molecule has 0 radical (unpaired) electrons. The van der Waals surface area contributed by atoms with Gasteiger partial charge in [0.1, 0.15) is 0 Å². The number of aromatic amines is 2. The third-order valence-electron chi connectivity index (χ3n) is 3.15. The molecule has 2 heterocycles. The van der Waals surface area contributed by atoms with Gasteiger partial charge >= 0.3 is 0 Å². The number of aromatic nitrogens is 4. The highest BCUT2D eigenvalue weighted by Crippen LogP contribution is 2.20. The van der Waals surface area contributed by atoms with Crippen LogP contribution in [0.25, 0.3) is 0 Å². The van der Waals surface area contributed by atoms with Crippen LogP contribution in [0.2, 0.25) is 0 Å². The minimum absolute atomic E-state index is 0.112. The van der Waals surface area contributed by atoms with E-state index in [1.165, 1.54) is 0 Å². The van der Waals surface area contributed by atoms with E-state index in [1.807, 2.05) is 0 Å². The third-order valence-corrected chi connectivity index (χ3v) is 3.15. The van der Waals surface area contributed by atoms with E-state index in [0.717, 1.165) is 12.1 Å². The van der Waals surface area contributed by atoms with Crippen LogP contribution in [0.5, 0.6) is 0 Å². The molecule has 7 heteroatoms. The highest BCUT2D eigenvalue weighted by molar-refractivity contribution is 6.02. The predicted octanol–water partition coefficient (Wildman–Crippen LogP) is 1.95. The Kier molecular flexibility index (Phi) is 4.16. The molecular formula is C15H21N5O2. The molecule has 2 aromatic heterocycles. The maximum absolute atomic E-state index is 12.1. The minimum atomic E-state index is -0.571. The van der Waals surface area contributed by atoms with Crippen molar-refractivity contribution in [3.05, 3.63) is 39.2 Å². The molecule has 0 fully saturated rings. The van der Waals surface area contributed by atoms with Gasteiger partial charge in [-0.2, -0.15) is 5.10 Å². The summed E-state index contributed by atoms with van der Waals surface area (Å²) in [4.78, 5) is 30.6. The molecule has 1 amide bonds. The molecular weight excluding hydrogens is 282 g/mol. The summed E-state index contributed by atoms with van der Waals surface area (Å²) in [5.41, 5.74) is 1.62. The number of carbonyl (C=O) groups is 1. The smallest absolute Gasteiger partial charge is 0.281 e. The second kappa shape index (κ2) is 5.75. The van der Waals surface area contributed by atoms with Crippen LogP contribution >= 0.6 is 0 Å². The second-order valence-corrected chi connectivity index (χ2v) is 6.59. The molecule has 0 aliphatic rings. The fraction of sp³-hybridized carbons (Fsp3) is 0.467. The zero-order chi connectivity index (χ0) is 16.5. The molecule has 2 aromatic rings. The first-order chi connectivity index (χ1) is 10.2. The van der Waals surface area contributed by atoms with E-state index in [2.05, 4.69) is 46.3 Å². The Morgan fingerprint density at radius 3 is 2.64 bits per heavy atom. The van der Waals surface area contributed by atoms with Crippen molar-refractivity contribution >= 4 is 11.7 Å². The molecule has 0 aliphatic carbocycles. The van der Waals surface area contributed by atoms with Gasteiger partial charge in [0.2, 0.25) is 0 Å². The number of nitrogens with zero attached hydrogens (tertiary/aromatic N) is 2. The molecule has 0 aromatic carbocycles. The van der Waals surface area contributed by atoms with E-state index in [9.17, 15) is 9.59 Å². The Morgan fingerprint density at radius 2 is 2.00 bits per heavy atom. The lowest BCUT2D eigenvalue weighted by Crippen LogP contribution is -2.26. The van der Waals surface area contributed by atoms with Crippen LogP contribution in [0.1, 0.15) is 48.3 Å². The fourth-order valence-electron chi connectivity index (χ4n) is 2.04. The standard InChI is InChI=1S/C15H21N5O2/c1-8-9(2)17-13(21)12(16-8)14(22)18-11-6-10(19-20-11)7-15(3,4)5/h6H,7H2,1-5H3,(H,17,21)(H2,18,19,20,22). The van der Waals surface area contributed by atoms with Gasteiger partial charge in [0.25, 0.3) is 11.5 Å². The number of carbonyl (C=O) groups excluding carboxylic acids is 1. The molecule has 118 valence electrons. The molecule has 0 saturated heterocycles. The van der Waals surface area contributed by atoms with E-state index in [4.69, 9.17) is 0 Å². The van der Waals surface area contributed by atoms with Crippen LogP contribution in [-0.4, -0.2) is 26.1 Å². The first-order valence-electron chi connectivity index (χ1n) is 7.09. The van der Waals surface area contributed by atoms with Crippen molar-refractivity contribution in [1.82, 2.24) is 20.2 Å². The number of nitrogens with one attached hydrogen (secondary N) is 3. The largest absolute Gasteiger partial charge is 0.323 e. The molecule has 2 rings (SSSR count). The molecule has 0 saturated carbocycles. The average Bonchev–Trinajstić information content (AvgIpc) is 2.78. The van der Waals surface area contributed by atoms with E-state index < -0.39 is 11.5 Å². The number of hydrogen-bond acceptors (Lipinski definition) is 4. The lowest BCUT2D eigenvalue weighted by atomic mass is 9.91. The molecule has 3 N–H and O–H groups in total. The molecule has 0 atom stereocenters. The van der Waals surface area contributed by atoms with E-state index in [1.54, 1.807) is 19.9 Å². The highest BCUT2D eigenvalue weighted by atomic mass is 16.2. The number of H-pyrrole nitrogens is 2. The summed E-state index contributed by atoms with van der Waals surface area (Å²) in [5, 5.41) is 9.51. The molecule has 7 nitrogen and oxygen atoms in total. The summed E-state index contributed by atoms with van der Waals surface area (Å²) in [6.45, 7) is 9.82. The van der Waals surface area contributed by atoms with Crippen LogP contribution in [0, 0.1) is 19.3 Å². The molecule has 0 aliphatic heterocycles. The summed E-state index contributed by atoms with van der Waals surface area (Å²) in [7, 11) is 0. The van der Waals surface area contributed by atoms with Crippen molar-refractivity contribution in [2.45, 2.75) is 41.0 Å². The van der Waals surface area contributed by atoms with Crippen LogP contribution in [0.15, 0.2) is 10.9 Å². The minimum Gasteiger partial charge on any atom is -0.323 e. The van der Waals surface area contributed by atoms with Gasteiger partial charge in [0.15, 0.2) is 11.5 Å². The maximum Gasteiger partial charge on any atom is 0.281 e. The molecule has 0 spiro atoms. The second-order valence-electron chi connectivity index (χ2n) is 6.59. The van der Waals surface area contributed by atoms with Crippen molar-refractivity contribution in [3.63, 3.8) is 0 Å². The van der Waals surface area contributed by atoms with Gasteiger partial charge in [0.05, 0.1) is 5.69 Å². The lowest BCUT2D eigenvalue weighted by molar-refractivity contribution is 0.102. The Hall–Kier alpha value is -2.44. The zero-order valence-electron chi connectivity index (χ0n) is 13.5. The van der Waals surface area contributed by atoms with Gasteiger partial charge in [-0.15, -0.1) is 0 Å². The number of aryl methyl sites for hydroxylation is 2. The monoisotopic (exact) mass is 303 g/mol. The van der Waals surface area contributed by atoms with Crippen molar-refractivity contribution < 1.29 is 4.79 Å². The van der Waals surface area contributed by atoms with E-state index in [0.29, 0.717) is 17.2 Å². The number of anilines is 1. The van der Waals surface area contributed by atoms with Crippen molar-refractivity contribution in [2.75, 3.05) is 5.32 Å². The summed E-state index contributed by atoms with van der Waals surface area (Å²) in [6, 6.07) is 1.76. The van der Waals surface area contributed by atoms with E-state index in [-0.39, 0.29) is 11.1 Å². The summed E-state index contributed by atoms with van der Waals surface area (Å²) in [6.07, 6.45) is 0.804. The number of rotatable bonds is 3. The topological polar surface area (TPSA) is 104 Å². The lowest BCUT2D eigenvalue weighted by Gasteiger charge is -2.15. The fourth-order valence-corrected chi connectivity index (χ4v) is 2.04. The normalized spacial score (nSPS) is 11.5. The molecule has 0 unspecified atom stereocenters. The summed E-state index contributed by atoms with van der Waals surface area (Å²) >= 11 is 0. The zero-order valence-corrected chi connectivity index (χ0v) is 13.5. The first-order valence-corrected chi connectivity index (χ1v) is 7.09. The van der Waals surface area contributed by atoms with Crippen LogP contribution in [-0.2, 0) is 6.42 Å². The van der Waals surface area contributed by atoms with Gasteiger partial charge in [0, 0.05) is 17.5 Å². The van der Waals surface area contributed by atoms with Gasteiger partial charge < -0.3 is 10.3 Å². The van der Waals surface area contributed by atoms with Crippen molar-refractivity contribution in [1.29, 1.82) is 0 Å². The quantitative estimate of drug-likeness (QED) is 0.806. The van der Waals surface area contributed by atoms with Crippen LogP contribution in [0.4, 0.5) is 5.82 Å². The average molecular weight is 303 g/mol. The number of hydrogen-bond donors (Lipinski definition) is 3. The Bertz CT molecular complexity index is 752. The molecule has 22 heavy (non-hydrogen) atoms. The molecule has 0 bridgehead atoms. The van der Waals surface area contributed by atoms with Crippen molar-refractivity contribution in [2.24, 2.45) is 5.41 Å². The first kappa shape index (κ1) is 15.9. The predicted molar refractivity (Wildman–Crippen MR) is 84.0 cm³/mol. The van der Waals surface area contributed by atoms with Gasteiger partial charge in [-0.1, -0.05) is 20.8 Å². The Balaban J connectivity index is 2.16. The summed E-state index contributed by atoms with van der Waals surface area (Å²) in [5.74, 6) is -0.193. The Morgan fingerprint density at radius 1 is 1.32 bits per heavy atom. The van der Waals surface area contributed by atoms with E-state index >= 15 is 0 Å². The van der Waals surface area contributed by atoms with Crippen molar-refractivity contribution in [3.8, 4) is 0 Å². The van der Waals surface area contributed by atoms with Gasteiger partial charge in [-0.3, -0.25) is 14.7 Å². The maximum atomic E-state index is 12.1. The Labute approximate surface area is 128 Å². The van der Waals surface area contributed by atoms with Crippen LogP contribution < -0.4 is 10.9 Å². The third kappa shape index (κ3) is 3.81. The number of amides is 1. The van der Waals surface area contributed by atoms with Gasteiger partial charge in [-0.25, -0.2) is 4.98 Å². The summed E-state index contributed by atoms with van der Waals surface area (Å²) < 4.78 is 0.